The van der Waals surface area contributed by atoms with Gasteiger partial charge in [0.1, 0.15) is 5.75 Å². The van der Waals surface area contributed by atoms with Crippen molar-refractivity contribution < 1.29 is 4.74 Å². The Morgan fingerprint density at radius 1 is 1.31 bits per heavy atom. The molecule has 0 atom stereocenters. The van der Waals surface area contributed by atoms with Crippen LogP contribution in [0.3, 0.4) is 0 Å². The molecule has 0 aliphatic carbocycles. The van der Waals surface area contributed by atoms with E-state index >= 15 is 0 Å². The lowest BCUT2D eigenvalue weighted by atomic mass is 10.2. The van der Waals surface area contributed by atoms with E-state index in [0.717, 1.165) is 12.4 Å². The van der Waals surface area contributed by atoms with Gasteiger partial charge in [0.2, 0.25) is 0 Å². The Labute approximate surface area is 80.5 Å². The summed E-state index contributed by atoms with van der Waals surface area (Å²) in [5.74, 6) is 0.985. The average molecular weight is 181 g/mol. The lowest BCUT2D eigenvalue weighted by Crippen LogP contribution is -1.96. The summed E-state index contributed by atoms with van der Waals surface area (Å²) < 4.78 is 7.55. The normalized spacial score (nSPS) is 10.3. The van der Waals surface area contributed by atoms with E-state index in [0.29, 0.717) is 0 Å². The largest absolute Gasteiger partial charge is 0.492 e. The zero-order valence-corrected chi connectivity index (χ0v) is 8.62. The highest BCUT2D eigenvalue weighted by atomic mass is 16.5. The summed E-state index contributed by atoms with van der Waals surface area (Å²) >= 11 is 0. The minimum atomic E-state index is 0.851. The number of rotatable bonds is 6. The summed E-state index contributed by atoms with van der Waals surface area (Å²) in [4.78, 5) is 0. The molecule has 0 bridgehead atoms. The Morgan fingerprint density at radius 2 is 2.15 bits per heavy atom. The first kappa shape index (κ1) is 10.2. The third-order valence-electron chi connectivity index (χ3n) is 2.07. The van der Waals surface area contributed by atoms with Crippen LogP contribution < -0.4 is 4.74 Å². The molecule has 0 aliphatic heterocycles. The van der Waals surface area contributed by atoms with Crippen LogP contribution in [-0.4, -0.2) is 11.2 Å². The highest BCUT2D eigenvalue weighted by Gasteiger charge is 1.94. The van der Waals surface area contributed by atoms with E-state index in [1.165, 1.54) is 25.7 Å². The van der Waals surface area contributed by atoms with Crippen LogP contribution in [0.4, 0.5) is 0 Å². The lowest BCUT2D eigenvalue weighted by molar-refractivity contribution is 0.305. The summed E-state index contributed by atoms with van der Waals surface area (Å²) in [6, 6.07) is 2.00. The van der Waals surface area contributed by atoms with Gasteiger partial charge in [-0.25, -0.2) is 0 Å². The molecule has 0 unspecified atom stereocenters. The first-order valence-electron chi connectivity index (χ1n) is 5.07. The van der Waals surface area contributed by atoms with Crippen molar-refractivity contribution in [2.45, 2.75) is 32.6 Å². The first-order valence-corrected chi connectivity index (χ1v) is 5.07. The molecule has 0 fully saturated rings. The number of ether oxygens (including phenoxy) is 1. The van der Waals surface area contributed by atoms with Gasteiger partial charge in [-0.1, -0.05) is 26.2 Å². The van der Waals surface area contributed by atoms with Gasteiger partial charge in [-0.3, -0.25) is 0 Å². The fourth-order valence-electron chi connectivity index (χ4n) is 1.28. The van der Waals surface area contributed by atoms with Crippen LogP contribution in [0.15, 0.2) is 18.5 Å². The van der Waals surface area contributed by atoms with Crippen molar-refractivity contribution in [2.24, 2.45) is 7.05 Å². The molecular formula is C11H19NO. The van der Waals surface area contributed by atoms with Crippen molar-refractivity contribution in [3.63, 3.8) is 0 Å². The molecule has 0 N–H and O–H groups in total. The topological polar surface area (TPSA) is 14.2 Å². The smallest absolute Gasteiger partial charge is 0.136 e. The number of aromatic nitrogens is 1. The fourth-order valence-corrected chi connectivity index (χ4v) is 1.28. The number of hydrogen-bond donors (Lipinski definition) is 0. The zero-order chi connectivity index (χ0) is 9.52. The second-order valence-electron chi connectivity index (χ2n) is 3.42. The first-order chi connectivity index (χ1) is 6.33. The van der Waals surface area contributed by atoms with Crippen LogP contribution in [0.5, 0.6) is 5.75 Å². The molecule has 0 aromatic carbocycles. The van der Waals surface area contributed by atoms with E-state index < -0.39 is 0 Å². The molecule has 1 aromatic heterocycles. The Balaban J connectivity index is 2.06. The molecule has 2 heteroatoms. The molecule has 74 valence electrons. The minimum Gasteiger partial charge on any atom is -0.492 e. The predicted molar refractivity (Wildman–Crippen MR) is 55.1 cm³/mol. The number of unbranched alkanes of at least 4 members (excludes halogenated alkanes) is 3. The van der Waals surface area contributed by atoms with Crippen LogP contribution in [-0.2, 0) is 7.05 Å². The maximum atomic E-state index is 5.55. The maximum Gasteiger partial charge on any atom is 0.136 e. The van der Waals surface area contributed by atoms with E-state index in [2.05, 4.69) is 6.92 Å². The maximum absolute atomic E-state index is 5.55. The third-order valence-corrected chi connectivity index (χ3v) is 2.07. The van der Waals surface area contributed by atoms with Crippen molar-refractivity contribution in [3.05, 3.63) is 18.5 Å². The molecule has 0 aliphatic rings. The van der Waals surface area contributed by atoms with Gasteiger partial charge in [-0.05, 0) is 12.5 Å². The summed E-state index contributed by atoms with van der Waals surface area (Å²) in [6.07, 6.45) is 9.05. The highest BCUT2D eigenvalue weighted by molar-refractivity contribution is 5.16. The monoisotopic (exact) mass is 181 g/mol. The van der Waals surface area contributed by atoms with E-state index in [1.54, 1.807) is 0 Å². The second-order valence-corrected chi connectivity index (χ2v) is 3.42. The Bertz CT molecular complexity index is 230. The standard InChI is InChI=1S/C11H19NO/c1-3-4-5-6-9-13-11-7-8-12(2)10-11/h7-8,10H,3-6,9H2,1-2H3. The van der Waals surface area contributed by atoms with Crippen LogP contribution in [0.2, 0.25) is 0 Å². The predicted octanol–water partition coefficient (Wildman–Crippen LogP) is 2.98. The van der Waals surface area contributed by atoms with E-state index in [9.17, 15) is 0 Å². The third kappa shape index (κ3) is 4.02. The van der Waals surface area contributed by atoms with Gasteiger partial charge in [-0.15, -0.1) is 0 Å². The van der Waals surface area contributed by atoms with E-state index in [1.807, 2.05) is 30.1 Å². The molecule has 0 amide bonds. The average Bonchev–Trinajstić information content (AvgIpc) is 2.51. The van der Waals surface area contributed by atoms with Crippen molar-refractivity contribution in [2.75, 3.05) is 6.61 Å². The molecule has 0 spiro atoms. The molecule has 2 nitrogen and oxygen atoms in total. The van der Waals surface area contributed by atoms with Gasteiger partial charge in [-0.2, -0.15) is 0 Å². The summed E-state index contributed by atoms with van der Waals surface area (Å²) in [5.41, 5.74) is 0. The number of aryl methyl sites for hydroxylation is 1. The minimum absolute atomic E-state index is 0.851. The summed E-state index contributed by atoms with van der Waals surface area (Å²) in [6.45, 7) is 3.07. The van der Waals surface area contributed by atoms with Crippen molar-refractivity contribution in [1.82, 2.24) is 4.57 Å². The zero-order valence-electron chi connectivity index (χ0n) is 8.62. The summed E-state index contributed by atoms with van der Waals surface area (Å²) in [5, 5.41) is 0. The van der Waals surface area contributed by atoms with Crippen LogP contribution >= 0.6 is 0 Å². The lowest BCUT2D eigenvalue weighted by Gasteiger charge is -2.02. The highest BCUT2D eigenvalue weighted by Crippen LogP contribution is 2.10. The number of hydrogen-bond acceptors (Lipinski definition) is 1. The SMILES string of the molecule is CCCCCCOc1ccn(C)c1. The van der Waals surface area contributed by atoms with Crippen LogP contribution in [0.25, 0.3) is 0 Å². The molecule has 1 aromatic rings. The Morgan fingerprint density at radius 3 is 2.77 bits per heavy atom. The molecule has 1 heterocycles. The quantitative estimate of drug-likeness (QED) is 0.615. The van der Waals surface area contributed by atoms with Gasteiger partial charge >= 0.3 is 0 Å². The second kappa shape index (κ2) is 5.68. The van der Waals surface area contributed by atoms with Crippen molar-refractivity contribution >= 4 is 0 Å². The molecule has 0 saturated heterocycles. The van der Waals surface area contributed by atoms with Gasteiger partial charge < -0.3 is 9.30 Å². The van der Waals surface area contributed by atoms with Gasteiger partial charge in [0.05, 0.1) is 6.61 Å². The van der Waals surface area contributed by atoms with Gasteiger partial charge in [0, 0.05) is 19.4 Å². The van der Waals surface area contributed by atoms with E-state index in [4.69, 9.17) is 4.74 Å². The van der Waals surface area contributed by atoms with Crippen LogP contribution in [0, 0.1) is 0 Å². The molecule has 1 rings (SSSR count). The van der Waals surface area contributed by atoms with Gasteiger partial charge in [0.25, 0.3) is 0 Å². The molecular weight excluding hydrogens is 162 g/mol. The number of nitrogens with zero attached hydrogens (tertiary/aromatic N) is 1. The Kier molecular flexibility index (Phi) is 4.44. The summed E-state index contributed by atoms with van der Waals surface area (Å²) in [7, 11) is 2.00. The molecule has 13 heavy (non-hydrogen) atoms. The van der Waals surface area contributed by atoms with E-state index in [-0.39, 0.29) is 0 Å². The van der Waals surface area contributed by atoms with Crippen molar-refractivity contribution in [1.29, 1.82) is 0 Å². The fraction of sp³-hybridized carbons (Fsp3) is 0.636. The van der Waals surface area contributed by atoms with Crippen molar-refractivity contribution in [3.8, 4) is 5.75 Å². The molecule has 0 saturated carbocycles. The molecule has 0 radical (unpaired) electrons. The van der Waals surface area contributed by atoms with Gasteiger partial charge in [0.15, 0.2) is 0 Å². The van der Waals surface area contributed by atoms with Crippen LogP contribution in [0.1, 0.15) is 32.6 Å². The Hall–Kier alpha value is -0.920.